The third-order valence-corrected chi connectivity index (χ3v) is 9.65. The normalized spacial score (nSPS) is 14.6. The number of nitrogens with zero attached hydrogens (tertiary/aromatic N) is 2. The second-order valence-corrected chi connectivity index (χ2v) is 13.0. The summed E-state index contributed by atoms with van der Waals surface area (Å²) < 4.78 is 26.1. The van der Waals surface area contributed by atoms with Gasteiger partial charge in [-0.25, -0.2) is 9.79 Å². The second kappa shape index (κ2) is 14.4. The zero-order chi connectivity index (χ0) is 32.2. The molecule has 12 heteroatoms. The fourth-order valence-corrected chi connectivity index (χ4v) is 7.21. The average Bonchev–Trinajstić information content (AvgIpc) is 3.31. The highest BCUT2D eigenvalue weighted by atomic mass is 79.9. The van der Waals surface area contributed by atoms with Crippen LogP contribution in [0.15, 0.2) is 84.6 Å². The Kier molecular flexibility index (Phi) is 10.5. The van der Waals surface area contributed by atoms with E-state index in [0.29, 0.717) is 60.6 Å². The quantitative estimate of drug-likeness (QED) is 0.162. The van der Waals surface area contributed by atoms with E-state index in [1.165, 1.54) is 15.9 Å². The van der Waals surface area contributed by atoms with E-state index >= 15 is 0 Å². The summed E-state index contributed by atoms with van der Waals surface area (Å²) in [5.41, 5.74) is 2.72. The number of fused-ring (bicyclic) bond motifs is 1. The molecule has 8 nitrogen and oxygen atoms in total. The molecule has 0 spiro atoms. The predicted octanol–water partition coefficient (Wildman–Crippen LogP) is 6.96. The lowest BCUT2D eigenvalue weighted by Gasteiger charge is -2.26. The SMILES string of the molecule is CCOC(=O)C1=C(C)N=c2s/c(=C/c3ccc(OCc4ccccc4Cl)c(Br)c3)c(=O)n2[C@H]1c1cc(OC)c(OCC)cc1Br. The van der Waals surface area contributed by atoms with Gasteiger partial charge in [0, 0.05) is 15.1 Å². The predicted molar refractivity (Wildman–Crippen MR) is 182 cm³/mol. The molecule has 1 aliphatic rings. The van der Waals surface area contributed by atoms with E-state index in [4.69, 9.17) is 30.5 Å². The summed E-state index contributed by atoms with van der Waals surface area (Å²) in [5.74, 6) is 1.09. The molecular weight excluding hydrogens is 748 g/mol. The van der Waals surface area contributed by atoms with Crippen LogP contribution in [0.2, 0.25) is 5.02 Å². The first-order valence-electron chi connectivity index (χ1n) is 14.0. The van der Waals surface area contributed by atoms with Crippen molar-refractivity contribution >= 4 is 66.8 Å². The van der Waals surface area contributed by atoms with Gasteiger partial charge in [-0.3, -0.25) is 9.36 Å². The number of ether oxygens (including phenoxy) is 4. The van der Waals surface area contributed by atoms with E-state index in [2.05, 4.69) is 36.9 Å². The Morgan fingerprint density at radius 1 is 1.02 bits per heavy atom. The second-order valence-electron chi connectivity index (χ2n) is 9.83. The van der Waals surface area contributed by atoms with Gasteiger partial charge in [0.05, 0.1) is 46.6 Å². The van der Waals surface area contributed by atoms with Crippen LogP contribution >= 0.6 is 54.8 Å². The molecule has 0 aliphatic carbocycles. The number of carbonyl (C=O) groups is 1. The number of rotatable bonds is 10. The fraction of sp³-hybridized carbons (Fsp3) is 0.242. The maximum absolute atomic E-state index is 14.1. The number of halogens is 3. The van der Waals surface area contributed by atoms with Crippen LogP contribution in [0.3, 0.4) is 0 Å². The Morgan fingerprint density at radius 2 is 1.80 bits per heavy atom. The van der Waals surface area contributed by atoms with Crippen molar-refractivity contribution in [1.29, 1.82) is 0 Å². The average molecular weight is 777 g/mol. The van der Waals surface area contributed by atoms with Crippen LogP contribution in [0.1, 0.15) is 43.5 Å². The van der Waals surface area contributed by atoms with Gasteiger partial charge >= 0.3 is 5.97 Å². The summed E-state index contributed by atoms with van der Waals surface area (Å²) in [7, 11) is 1.54. The number of hydrogen-bond donors (Lipinski definition) is 0. The summed E-state index contributed by atoms with van der Waals surface area (Å²) in [6, 6.07) is 15.8. The molecular formula is C33H29Br2ClN2O6S. The van der Waals surface area contributed by atoms with Crippen LogP contribution in [0.5, 0.6) is 17.2 Å². The Hall–Kier alpha value is -3.38. The van der Waals surface area contributed by atoms with Crippen LogP contribution in [0, 0.1) is 0 Å². The molecule has 0 radical (unpaired) electrons. The molecule has 4 aromatic rings. The van der Waals surface area contributed by atoms with Crippen LogP contribution in [0.25, 0.3) is 6.08 Å². The molecule has 0 saturated heterocycles. The Morgan fingerprint density at radius 3 is 2.49 bits per heavy atom. The molecule has 0 amide bonds. The van der Waals surface area contributed by atoms with Gasteiger partial charge in [-0.05, 0) is 84.2 Å². The lowest BCUT2D eigenvalue weighted by Crippen LogP contribution is -2.40. The minimum absolute atomic E-state index is 0.174. The van der Waals surface area contributed by atoms with Crippen molar-refractivity contribution in [2.24, 2.45) is 4.99 Å². The van der Waals surface area contributed by atoms with E-state index in [0.717, 1.165) is 15.6 Å². The van der Waals surface area contributed by atoms with Gasteiger partial charge in [-0.2, -0.15) is 0 Å². The topological polar surface area (TPSA) is 88.4 Å². The van der Waals surface area contributed by atoms with Crippen molar-refractivity contribution in [2.75, 3.05) is 20.3 Å². The number of benzene rings is 3. The molecule has 5 rings (SSSR count). The number of hydrogen-bond acceptors (Lipinski definition) is 8. The first-order valence-corrected chi connectivity index (χ1v) is 16.8. The lowest BCUT2D eigenvalue weighted by atomic mass is 9.95. The number of thiazole rings is 1. The van der Waals surface area contributed by atoms with Gasteiger partial charge < -0.3 is 18.9 Å². The molecule has 1 aromatic heterocycles. The van der Waals surface area contributed by atoms with E-state index < -0.39 is 12.0 Å². The maximum Gasteiger partial charge on any atom is 0.338 e. The smallest absolute Gasteiger partial charge is 0.338 e. The standard InChI is InChI=1S/C33H29Br2ClN2O6S/c1-5-42-27-16-22(34)21(15-26(27)41-4)30-29(32(40)43-6-2)18(3)37-33-38(30)31(39)28(45-33)14-19-11-12-25(23(35)13-19)44-17-20-9-7-8-10-24(20)36/h7-16,30H,5-6,17H2,1-4H3/b28-14+/t30-/m0/s1. The van der Waals surface area contributed by atoms with Gasteiger partial charge in [-0.1, -0.05) is 63.1 Å². The van der Waals surface area contributed by atoms with E-state index in [1.807, 2.05) is 49.4 Å². The zero-order valence-electron chi connectivity index (χ0n) is 24.9. The van der Waals surface area contributed by atoms with E-state index in [9.17, 15) is 9.59 Å². The van der Waals surface area contributed by atoms with Gasteiger partial charge in [0.25, 0.3) is 5.56 Å². The molecule has 0 bridgehead atoms. The van der Waals surface area contributed by atoms with Crippen LogP contribution in [0.4, 0.5) is 0 Å². The van der Waals surface area contributed by atoms with Crippen molar-refractivity contribution in [3.8, 4) is 17.2 Å². The Labute approximate surface area is 285 Å². The summed E-state index contributed by atoms with van der Waals surface area (Å²) in [6.07, 6.45) is 1.79. The van der Waals surface area contributed by atoms with Crippen LogP contribution in [-0.4, -0.2) is 30.9 Å². The van der Waals surface area contributed by atoms with Crippen molar-refractivity contribution in [1.82, 2.24) is 4.57 Å². The summed E-state index contributed by atoms with van der Waals surface area (Å²) in [5, 5.41) is 0.635. The number of carbonyl (C=O) groups excluding carboxylic acids is 1. The van der Waals surface area contributed by atoms with E-state index in [-0.39, 0.29) is 17.7 Å². The van der Waals surface area contributed by atoms with Crippen LogP contribution in [-0.2, 0) is 16.1 Å². The highest BCUT2D eigenvalue weighted by molar-refractivity contribution is 9.10. The zero-order valence-corrected chi connectivity index (χ0v) is 29.6. The first-order chi connectivity index (χ1) is 21.7. The van der Waals surface area contributed by atoms with Crippen molar-refractivity contribution in [2.45, 2.75) is 33.4 Å². The first kappa shape index (κ1) is 33.0. The highest BCUT2D eigenvalue weighted by Gasteiger charge is 2.35. The van der Waals surface area contributed by atoms with E-state index in [1.54, 1.807) is 39.2 Å². The number of methoxy groups -OCH3 is 1. The minimum atomic E-state index is -0.825. The molecule has 0 unspecified atom stereocenters. The third kappa shape index (κ3) is 6.91. The highest BCUT2D eigenvalue weighted by Crippen LogP contribution is 2.41. The Balaban J connectivity index is 1.58. The maximum atomic E-state index is 14.1. The number of esters is 1. The van der Waals surface area contributed by atoms with Gasteiger partial charge in [0.2, 0.25) is 0 Å². The van der Waals surface area contributed by atoms with Crippen molar-refractivity contribution in [3.05, 3.63) is 116 Å². The van der Waals surface area contributed by atoms with Gasteiger partial charge in [0.15, 0.2) is 16.3 Å². The van der Waals surface area contributed by atoms with Crippen molar-refractivity contribution in [3.63, 3.8) is 0 Å². The van der Waals surface area contributed by atoms with Gasteiger partial charge in [-0.15, -0.1) is 0 Å². The van der Waals surface area contributed by atoms with Crippen molar-refractivity contribution < 1.29 is 23.7 Å². The number of allylic oxidation sites excluding steroid dienone is 1. The fourth-order valence-electron chi connectivity index (χ4n) is 4.92. The molecule has 1 atom stereocenters. The minimum Gasteiger partial charge on any atom is -0.493 e. The molecule has 45 heavy (non-hydrogen) atoms. The van der Waals surface area contributed by atoms with Crippen LogP contribution < -0.4 is 29.1 Å². The Bertz CT molecular complexity index is 1990. The molecule has 0 saturated carbocycles. The molecule has 0 fully saturated rings. The van der Waals surface area contributed by atoms with Gasteiger partial charge in [0.1, 0.15) is 12.4 Å². The number of aromatic nitrogens is 1. The summed E-state index contributed by atoms with van der Waals surface area (Å²) in [6.45, 7) is 6.28. The lowest BCUT2D eigenvalue weighted by molar-refractivity contribution is -0.139. The molecule has 0 N–H and O–H groups in total. The summed E-state index contributed by atoms with van der Waals surface area (Å²) >= 11 is 14.8. The molecule has 234 valence electrons. The molecule has 3 aromatic carbocycles. The monoisotopic (exact) mass is 774 g/mol. The largest absolute Gasteiger partial charge is 0.493 e. The molecule has 1 aliphatic heterocycles. The summed E-state index contributed by atoms with van der Waals surface area (Å²) in [4.78, 5) is 32.6. The molecule has 2 heterocycles. The third-order valence-electron chi connectivity index (χ3n) is 6.99.